The third-order valence-corrected chi connectivity index (χ3v) is 3.78. The third kappa shape index (κ3) is 4.35. The Hall–Kier alpha value is -2.29. The number of nitrogens with one attached hydrogen (secondary N) is 1. The molecular formula is C19H23NO2. The summed E-state index contributed by atoms with van der Waals surface area (Å²) >= 11 is 0. The molecule has 0 spiro atoms. The Labute approximate surface area is 132 Å². The standard InChI is InChI=1S/C19H23NO2/c1-4-14(2)19(21)20-15(3)16-10-12-18(13-11-16)22-17-8-6-5-7-9-17/h5-15H,4H2,1-3H3,(H,20,21). The quantitative estimate of drug-likeness (QED) is 0.839. The van der Waals surface area contributed by atoms with Crippen LogP contribution in [0.1, 0.15) is 38.8 Å². The molecule has 22 heavy (non-hydrogen) atoms. The first-order chi connectivity index (χ1) is 10.6. The van der Waals surface area contributed by atoms with Crippen molar-refractivity contribution in [3.8, 4) is 11.5 Å². The van der Waals surface area contributed by atoms with E-state index in [1.54, 1.807) is 0 Å². The Kier molecular flexibility index (Phi) is 5.59. The first-order valence-corrected chi connectivity index (χ1v) is 7.73. The molecule has 2 aromatic rings. The lowest BCUT2D eigenvalue weighted by Gasteiger charge is -2.17. The van der Waals surface area contributed by atoms with Gasteiger partial charge in [0.05, 0.1) is 6.04 Å². The van der Waals surface area contributed by atoms with E-state index in [0.29, 0.717) is 0 Å². The first-order valence-electron chi connectivity index (χ1n) is 7.73. The van der Waals surface area contributed by atoms with Crippen LogP contribution < -0.4 is 10.1 Å². The summed E-state index contributed by atoms with van der Waals surface area (Å²) in [4.78, 5) is 11.9. The van der Waals surface area contributed by atoms with Crippen LogP contribution in [0, 0.1) is 5.92 Å². The molecule has 1 N–H and O–H groups in total. The van der Waals surface area contributed by atoms with Gasteiger partial charge in [-0.1, -0.05) is 44.2 Å². The normalized spacial score (nSPS) is 13.2. The number of carbonyl (C=O) groups is 1. The summed E-state index contributed by atoms with van der Waals surface area (Å²) in [5.74, 6) is 1.74. The van der Waals surface area contributed by atoms with Gasteiger partial charge in [0.2, 0.25) is 5.91 Å². The van der Waals surface area contributed by atoms with Crippen LogP contribution in [0.5, 0.6) is 11.5 Å². The van der Waals surface area contributed by atoms with Crippen LogP contribution in [0.25, 0.3) is 0 Å². The highest BCUT2D eigenvalue weighted by Crippen LogP contribution is 2.23. The SMILES string of the molecule is CCC(C)C(=O)NC(C)c1ccc(Oc2ccccc2)cc1. The van der Waals surface area contributed by atoms with Crippen molar-refractivity contribution in [1.82, 2.24) is 5.32 Å². The van der Waals surface area contributed by atoms with E-state index in [2.05, 4.69) is 5.32 Å². The molecule has 0 heterocycles. The molecule has 0 saturated carbocycles. The molecule has 0 saturated heterocycles. The second-order valence-corrected chi connectivity index (χ2v) is 5.52. The van der Waals surface area contributed by atoms with Crippen molar-refractivity contribution in [2.24, 2.45) is 5.92 Å². The first kappa shape index (κ1) is 16.1. The lowest BCUT2D eigenvalue weighted by Crippen LogP contribution is -2.31. The average Bonchev–Trinajstić information content (AvgIpc) is 2.55. The molecule has 0 aliphatic heterocycles. The van der Waals surface area contributed by atoms with Gasteiger partial charge in [-0.2, -0.15) is 0 Å². The molecule has 3 heteroatoms. The smallest absolute Gasteiger partial charge is 0.223 e. The van der Waals surface area contributed by atoms with E-state index in [4.69, 9.17) is 4.74 Å². The van der Waals surface area contributed by atoms with Crippen molar-refractivity contribution >= 4 is 5.91 Å². The number of carbonyl (C=O) groups excluding carboxylic acids is 1. The van der Waals surface area contributed by atoms with Gasteiger partial charge >= 0.3 is 0 Å². The average molecular weight is 297 g/mol. The Morgan fingerprint density at radius 3 is 2.18 bits per heavy atom. The third-order valence-electron chi connectivity index (χ3n) is 3.78. The Morgan fingerprint density at radius 2 is 1.59 bits per heavy atom. The summed E-state index contributed by atoms with van der Waals surface area (Å²) in [6.07, 6.45) is 0.850. The number of amides is 1. The van der Waals surface area contributed by atoms with Crippen LogP contribution in [-0.4, -0.2) is 5.91 Å². The molecule has 3 nitrogen and oxygen atoms in total. The van der Waals surface area contributed by atoms with E-state index in [1.807, 2.05) is 75.4 Å². The molecule has 2 aromatic carbocycles. The fraction of sp³-hybridized carbons (Fsp3) is 0.316. The summed E-state index contributed by atoms with van der Waals surface area (Å²) in [5, 5.41) is 3.04. The predicted molar refractivity (Wildman–Crippen MR) is 89.0 cm³/mol. The van der Waals surface area contributed by atoms with Gasteiger partial charge < -0.3 is 10.1 Å². The molecule has 1 amide bonds. The van der Waals surface area contributed by atoms with E-state index in [0.717, 1.165) is 23.5 Å². The predicted octanol–water partition coefficient (Wildman–Crippen LogP) is 4.70. The number of rotatable bonds is 6. The van der Waals surface area contributed by atoms with Gasteiger partial charge in [-0.15, -0.1) is 0 Å². The van der Waals surface area contributed by atoms with Gasteiger partial charge in [0.15, 0.2) is 0 Å². The Morgan fingerprint density at radius 1 is 1.00 bits per heavy atom. The number of benzene rings is 2. The molecular weight excluding hydrogens is 274 g/mol. The lowest BCUT2D eigenvalue weighted by molar-refractivity contribution is -0.125. The zero-order valence-corrected chi connectivity index (χ0v) is 13.4. The van der Waals surface area contributed by atoms with Gasteiger partial charge in [-0.3, -0.25) is 4.79 Å². The van der Waals surface area contributed by atoms with Crippen molar-refractivity contribution in [3.05, 3.63) is 60.2 Å². The van der Waals surface area contributed by atoms with E-state index >= 15 is 0 Å². The van der Waals surface area contributed by atoms with Crippen LogP contribution >= 0.6 is 0 Å². The highest BCUT2D eigenvalue weighted by molar-refractivity contribution is 5.78. The Bertz CT molecular complexity index is 593. The highest BCUT2D eigenvalue weighted by Gasteiger charge is 2.14. The molecule has 2 atom stereocenters. The minimum absolute atomic E-state index is 0.00715. The van der Waals surface area contributed by atoms with Crippen molar-refractivity contribution < 1.29 is 9.53 Å². The molecule has 0 fully saturated rings. The number of para-hydroxylation sites is 1. The van der Waals surface area contributed by atoms with Crippen LogP contribution in [0.4, 0.5) is 0 Å². The van der Waals surface area contributed by atoms with E-state index < -0.39 is 0 Å². The fourth-order valence-electron chi connectivity index (χ4n) is 2.07. The minimum Gasteiger partial charge on any atom is -0.457 e. The van der Waals surface area contributed by atoms with E-state index in [1.165, 1.54) is 0 Å². The van der Waals surface area contributed by atoms with Gasteiger partial charge in [0.25, 0.3) is 0 Å². The van der Waals surface area contributed by atoms with Gasteiger partial charge in [-0.05, 0) is 43.2 Å². The van der Waals surface area contributed by atoms with Crippen LogP contribution in [-0.2, 0) is 4.79 Å². The summed E-state index contributed by atoms with van der Waals surface area (Å²) < 4.78 is 5.76. The van der Waals surface area contributed by atoms with Crippen molar-refractivity contribution in [2.45, 2.75) is 33.2 Å². The zero-order chi connectivity index (χ0) is 15.9. The van der Waals surface area contributed by atoms with Crippen LogP contribution in [0.2, 0.25) is 0 Å². The van der Waals surface area contributed by atoms with E-state index in [9.17, 15) is 4.79 Å². The molecule has 0 aliphatic rings. The summed E-state index contributed by atoms with van der Waals surface area (Å²) in [6.45, 7) is 5.96. The number of hydrogen-bond donors (Lipinski definition) is 1. The number of hydrogen-bond acceptors (Lipinski definition) is 2. The molecule has 0 aliphatic carbocycles. The summed E-state index contributed by atoms with van der Waals surface area (Å²) in [6, 6.07) is 17.5. The Balaban J connectivity index is 1.98. The van der Waals surface area contributed by atoms with Crippen molar-refractivity contribution in [1.29, 1.82) is 0 Å². The minimum atomic E-state index is -0.00715. The van der Waals surface area contributed by atoms with Gasteiger partial charge in [0.1, 0.15) is 11.5 Å². The van der Waals surface area contributed by atoms with Crippen LogP contribution in [0.3, 0.4) is 0 Å². The van der Waals surface area contributed by atoms with E-state index in [-0.39, 0.29) is 17.9 Å². The largest absolute Gasteiger partial charge is 0.457 e. The maximum absolute atomic E-state index is 11.9. The zero-order valence-electron chi connectivity index (χ0n) is 13.4. The number of ether oxygens (including phenoxy) is 1. The topological polar surface area (TPSA) is 38.3 Å². The summed E-state index contributed by atoms with van der Waals surface area (Å²) in [5.41, 5.74) is 1.07. The molecule has 0 aromatic heterocycles. The van der Waals surface area contributed by atoms with Crippen molar-refractivity contribution in [2.75, 3.05) is 0 Å². The monoisotopic (exact) mass is 297 g/mol. The molecule has 0 radical (unpaired) electrons. The van der Waals surface area contributed by atoms with Crippen molar-refractivity contribution in [3.63, 3.8) is 0 Å². The maximum atomic E-state index is 11.9. The van der Waals surface area contributed by atoms with Gasteiger partial charge in [-0.25, -0.2) is 0 Å². The maximum Gasteiger partial charge on any atom is 0.223 e. The second kappa shape index (κ2) is 7.64. The second-order valence-electron chi connectivity index (χ2n) is 5.52. The summed E-state index contributed by atoms with van der Waals surface area (Å²) in [7, 11) is 0. The fourth-order valence-corrected chi connectivity index (χ4v) is 2.07. The van der Waals surface area contributed by atoms with Gasteiger partial charge in [0, 0.05) is 5.92 Å². The molecule has 2 rings (SSSR count). The van der Waals surface area contributed by atoms with Crippen LogP contribution in [0.15, 0.2) is 54.6 Å². The molecule has 2 unspecified atom stereocenters. The lowest BCUT2D eigenvalue weighted by atomic mass is 10.1. The highest BCUT2D eigenvalue weighted by atomic mass is 16.5. The molecule has 116 valence electrons. The molecule has 0 bridgehead atoms.